The molecule has 0 aliphatic heterocycles. The first-order chi connectivity index (χ1) is 10.2. The normalized spacial score (nSPS) is 11.3. The van der Waals surface area contributed by atoms with Crippen LogP contribution in [0.5, 0.6) is 0 Å². The first-order valence-electron chi connectivity index (χ1n) is 6.76. The van der Waals surface area contributed by atoms with E-state index in [4.69, 9.17) is 4.98 Å². The van der Waals surface area contributed by atoms with E-state index in [-0.39, 0.29) is 0 Å². The van der Waals surface area contributed by atoms with Crippen molar-refractivity contribution < 1.29 is 0 Å². The molecule has 0 atom stereocenters. The first-order valence-corrected chi connectivity index (χ1v) is 6.76. The minimum atomic E-state index is 0.815. The maximum absolute atomic E-state index is 4.73. The second-order valence-electron chi connectivity index (χ2n) is 5.27. The van der Waals surface area contributed by atoms with E-state index in [0.717, 1.165) is 38.9 Å². The van der Waals surface area contributed by atoms with Gasteiger partial charge in [0.1, 0.15) is 5.52 Å². The van der Waals surface area contributed by atoms with Gasteiger partial charge in [-0.1, -0.05) is 11.3 Å². The standard InChI is InChI=1S/C16H13N5/c1-9-3-4-12-13(6-9)18-15(8-17-12)11-5-10(2)7-14-16(11)20-21-19-14/h3-8H,1-2H3,(H,19,20,21). The Morgan fingerprint density at radius 3 is 2.76 bits per heavy atom. The van der Waals surface area contributed by atoms with Gasteiger partial charge in [0.15, 0.2) is 0 Å². The maximum atomic E-state index is 4.73. The number of nitrogens with one attached hydrogen (secondary N) is 1. The number of nitrogens with zero attached hydrogens (tertiary/aromatic N) is 4. The molecule has 2 aromatic heterocycles. The number of hydrogen-bond acceptors (Lipinski definition) is 4. The Kier molecular flexibility index (Phi) is 2.47. The molecule has 0 aliphatic carbocycles. The summed E-state index contributed by atoms with van der Waals surface area (Å²) in [4.78, 5) is 9.23. The molecule has 4 rings (SSSR count). The molecule has 0 unspecified atom stereocenters. The third-order valence-electron chi connectivity index (χ3n) is 3.55. The number of aromatic amines is 1. The highest BCUT2D eigenvalue weighted by Crippen LogP contribution is 2.27. The van der Waals surface area contributed by atoms with Gasteiger partial charge in [0.05, 0.1) is 28.4 Å². The lowest BCUT2D eigenvalue weighted by molar-refractivity contribution is 0.959. The van der Waals surface area contributed by atoms with Gasteiger partial charge in [-0.2, -0.15) is 0 Å². The van der Waals surface area contributed by atoms with Gasteiger partial charge < -0.3 is 0 Å². The molecule has 0 saturated heterocycles. The summed E-state index contributed by atoms with van der Waals surface area (Å²) >= 11 is 0. The maximum Gasteiger partial charge on any atom is 0.122 e. The van der Waals surface area contributed by atoms with Crippen LogP contribution < -0.4 is 0 Å². The molecule has 0 bridgehead atoms. The molecule has 1 N–H and O–H groups in total. The van der Waals surface area contributed by atoms with Crippen LogP contribution in [0, 0.1) is 13.8 Å². The van der Waals surface area contributed by atoms with Gasteiger partial charge >= 0.3 is 0 Å². The van der Waals surface area contributed by atoms with Crippen LogP contribution in [-0.2, 0) is 0 Å². The lowest BCUT2D eigenvalue weighted by atomic mass is 10.1. The molecule has 0 radical (unpaired) electrons. The summed E-state index contributed by atoms with van der Waals surface area (Å²) in [6, 6.07) is 10.2. The minimum Gasteiger partial charge on any atom is -0.258 e. The minimum absolute atomic E-state index is 0.815. The van der Waals surface area contributed by atoms with Crippen molar-refractivity contribution in [2.24, 2.45) is 0 Å². The van der Waals surface area contributed by atoms with E-state index in [1.54, 1.807) is 6.20 Å². The molecule has 0 aliphatic rings. The van der Waals surface area contributed by atoms with Crippen LogP contribution in [0.25, 0.3) is 33.3 Å². The Hall–Kier alpha value is -2.82. The summed E-state index contributed by atoms with van der Waals surface area (Å²) in [5.74, 6) is 0. The van der Waals surface area contributed by atoms with Crippen molar-refractivity contribution in [3.63, 3.8) is 0 Å². The Morgan fingerprint density at radius 2 is 1.86 bits per heavy atom. The number of fused-ring (bicyclic) bond motifs is 2. The fourth-order valence-corrected chi connectivity index (χ4v) is 2.55. The van der Waals surface area contributed by atoms with Gasteiger partial charge in [-0.05, 0) is 49.2 Å². The monoisotopic (exact) mass is 275 g/mol. The Balaban J connectivity index is 2.01. The van der Waals surface area contributed by atoms with Crippen LogP contribution in [0.3, 0.4) is 0 Å². The van der Waals surface area contributed by atoms with Gasteiger partial charge in [-0.15, -0.1) is 5.10 Å². The van der Waals surface area contributed by atoms with E-state index < -0.39 is 0 Å². The summed E-state index contributed by atoms with van der Waals surface area (Å²) in [6.45, 7) is 4.10. The SMILES string of the molecule is Cc1ccc2ncc(-c3cc(C)cc4[nH]nnc34)nc2c1. The first kappa shape index (κ1) is 12.0. The van der Waals surface area contributed by atoms with Crippen molar-refractivity contribution in [1.82, 2.24) is 25.4 Å². The molecule has 0 spiro atoms. The zero-order valence-corrected chi connectivity index (χ0v) is 11.8. The van der Waals surface area contributed by atoms with Crippen molar-refractivity contribution >= 4 is 22.1 Å². The van der Waals surface area contributed by atoms with Crippen LogP contribution in [-0.4, -0.2) is 25.4 Å². The number of rotatable bonds is 1. The lowest BCUT2D eigenvalue weighted by Crippen LogP contribution is -1.91. The van der Waals surface area contributed by atoms with Crippen molar-refractivity contribution in [3.05, 3.63) is 47.7 Å². The highest BCUT2D eigenvalue weighted by Gasteiger charge is 2.11. The van der Waals surface area contributed by atoms with Crippen LogP contribution in [0.4, 0.5) is 0 Å². The molecule has 2 aromatic carbocycles. The largest absolute Gasteiger partial charge is 0.258 e. The van der Waals surface area contributed by atoms with Crippen LogP contribution in [0.2, 0.25) is 0 Å². The summed E-state index contributed by atoms with van der Waals surface area (Å²) in [6.07, 6.45) is 1.79. The fraction of sp³-hybridized carbons (Fsp3) is 0.125. The zero-order valence-electron chi connectivity index (χ0n) is 11.8. The van der Waals surface area contributed by atoms with Crippen molar-refractivity contribution in [2.75, 3.05) is 0 Å². The molecule has 0 amide bonds. The third kappa shape index (κ3) is 1.94. The van der Waals surface area contributed by atoms with Crippen molar-refractivity contribution in [2.45, 2.75) is 13.8 Å². The predicted octanol–water partition coefficient (Wildman–Crippen LogP) is 3.18. The van der Waals surface area contributed by atoms with Gasteiger partial charge in [0.2, 0.25) is 0 Å². The zero-order chi connectivity index (χ0) is 14.4. The molecule has 5 nitrogen and oxygen atoms in total. The number of H-pyrrole nitrogens is 1. The Labute approximate surface area is 121 Å². The van der Waals surface area contributed by atoms with Gasteiger partial charge in [0, 0.05) is 5.56 Å². The second-order valence-corrected chi connectivity index (χ2v) is 5.27. The molecular weight excluding hydrogens is 262 g/mol. The molecule has 0 fully saturated rings. The quantitative estimate of drug-likeness (QED) is 0.579. The summed E-state index contributed by atoms with van der Waals surface area (Å²) in [5.41, 5.74) is 7.60. The summed E-state index contributed by atoms with van der Waals surface area (Å²) in [7, 11) is 0. The number of aromatic nitrogens is 5. The van der Waals surface area contributed by atoms with Crippen LogP contribution in [0.1, 0.15) is 11.1 Å². The predicted molar refractivity (Wildman–Crippen MR) is 81.9 cm³/mol. The van der Waals surface area contributed by atoms with E-state index in [0.29, 0.717) is 0 Å². The summed E-state index contributed by atoms with van der Waals surface area (Å²) in [5, 5.41) is 10.9. The molecule has 102 valence electrons. The average Bonchev–Trinajstić information content (AvgIpc) is 2.93. The van der Waals surface area contributed by atoms with E-state index in [1.807, 2.05) is 31.2 Å². The van der Waals surface area contributed by atoms with E-state index in [1.165, 1.54) is 5.56 Å². The number of benzene rings is 2. The smallest absolute Gasteiger partial charge is 0.122 e. The lowest BCUT2D eigenvalue weighted by Gasteiger charge is -2.05. The fourth-order valence-electron chi connectivity index (χ4n) is 2.55. The number of aryl methyl sites for hydroxylation is 2. The number of hydrogen-bond donors (Lipinski definition) is 1. The molecular formula is C16H13N5. The van der Waals surface area contributed by atoms with Gasteiger partial charge in [0.25, 0.3) is 0 Å². The molecule has 2 heterocycles. The molecule has 5 heteroatoms. The molecule has 21 heavy (non-hydrogen) atoms. The van der Waals surface area contributed by atoms with Gasteiger partial charge in [-0.3, -0.25) is 10.1 Å². The second kappa shape index (κ2) is 4.34. The highest BCUT2D eigenvalue weighted by molar-refractivity contribution is 5.91. The average molecular weight is 275 g/mol. The topological polar surface area (TPSA) is 67.3 Å². The van der Waals surface area contributed by atoms with Crippen molar-refractivity contribution in [3.8, 4) is 11.3 Å². The Morgan fingerprint density at radius 1 is 0.952 bits per heavy atom. The summed E-state index contributed by atoms with van der Waals surface area (Å²) < 4.78 is 0. The van der Waals surface area contributed by atoms with Crippen LogP contribution in [0.15, 0.2) is 36.5 Å². The van der Waals surface area contributed by atoms with Gasteiger partial charge in [-0.25, -0.2) is 4.98 Å². The Bertz CT molecular complexity index is 971. The van der Waals surface area contributed by atoms with E-state index >= 15 is 0 Å². The van der Waals surface area contributed by atoms with E-state index in [2.05, 4.69) is 33.4 Å². The van der Waals surface area contributed by atoms with Crippen LogP contribution >= 0.6 is 0 Å². The van der Waals surface area contributed by atoms with E-state index in [9.17, 15) is 0 Å². The molecule has 0 saturated carbocycles. The highest BCUT2D eigenvalue weighted by atomic mass is 15.3. The van der Waals surface area contributed by atoms with Crippen molar-refractivity contribution in [1.29, 1.82) is 0 Å². The third-order valence-corrected chi connectivity index (χ3v) is 3.55. The molecule has 4 aromatic rings.